The second kappa shape index (κ2) is 5.83. The third-order valence-electron chi connectivity index (χ3n) is 2.33. The van der Waals surface area contributed by atoms with E-state index in [9.17, 15) is 0 Å². The lowest BCUT2D eigenvalue weighted by molar-refractivity contribution is 0.423. The molecule has 0 amide bonds. The minimum Gasteiger partial charge on any atom is -0.198 e. The standard InChI is InChI=1S/C11H19N/c1-9(2)11(4)6-5-10(3)7-8-12/h5,9,11H,6-7H2,1-4H3/b10-5+. The van der Waals surface area contributed by atoms with Gasteiger partial charge in [0.15, 0.2) is 0 Å². The third-order valence-corrected chi connectivity index (χ3v) is 2.33. The van der Waals surface area contributed by atoms with Gasteiger partial charge < -0.3 is 0 Å². The summed E-state index contributed by atoms with van der Waals surface area (Å²) < 4.78 is 0. The predicted octanol–water partition coefficient (Wildman–Crippen LogP) is 3.53. The SMILES string of the molecule is C/C(=C\CC(C)C(C)C)CC#N. The molecule has 1 atom stereocenters. The molecule has 12 heavy (non-hydrogen) atoms. The van der Waals surface area contributed by atoms with Gasteiger partial charge in [0.2, 0.25) is 0 Å². The Bertz CT molecular complexity index is 184. The van der Waals surface area contributed by atoms with E-state index in [-0.39, 0.29) is 0 Å². The fraction of sp³-hybridized carbons (Fsp3) is 0.727. The van der Waals surface area contributed by atoms with E-state index in [0.717, 1.165) is 18.3 Å². The summed E-state index contributed by atoms with van der Waals surface area (Å²) in [6.45, 7) is 8.74. The average Bonchev–Trinajstić information content (AvgIpc) is 2.00. The molecule has 1 nitrogen and oxygen atoms in total. The Balaban J connectivity index is 3.80. The Hall–Kier alpha value is -0.770. The van der Waals surface area contributed by atoms with Crippen molar-refractivity contribution in [2.24, 2.45) is 11.8 Å². The Morgan fingerprint density at radius 1 is 1.42 bits per heavy atom. The van der Waals surface area contributed by atoms with Crippen LogP contribution in [0.2, 0.25) is 0 Å². The van der Waals surface area contributed by atoms with Crippen LogP contribution in [0.5, 0.6) is 0 Å². The maximum Gasteiger partial charge on any atom is 0.0666 e. The fourth-order valence-electron chi connectivity index (χ4n) is 0.856. The lowest BCUT2D eigenvalue weighted by atomic mass is 9.94. The van der Waals surface area contributed by atoms with Crippen LogP contribution < -0.4 is 0 Å². The van der Waals surface area contributed by atoms with Gasteiger partial charge in [0.1, 0.15) is 0 Å². The first-order valence-electron chi connectivity index (χ1n) is 4.60. The van der Waals surface area contributed by atoms with Crippen LogP contribution in [0.1, 0.15) is 40.5 Å². The highest BCUT2D eigenvalue weighted by atomic mass is 14.2. The largest absolute Gasteiger partial charge is 0.198 e. The second-order valence-electron chi connectivity index (χ2n) is 3.84. The molecule has 0 bridgehead atoms. The van der Waals surface area contributed by atoms with Crippen LogP contribution in [0.3, 0.4) is 0 Å². The van der Waals surface area contributed by atoms with Crippen LogP contribution in [0, 0.1) is 23.2 Å². The lowest BCUT2D eigenvalue weighted by Crippen LogP contribution is -2.01. The number of hydrogen-bond acceptors (Lipinski definition) is 1. The first kappa shape index (κ1) is 11.2. The van der Waals surface area contributed by atoms with Crippen LogP contribution in [0.4, 0.5) is 0 Å². The minimum absolute atomic E-state index is 0.574. The zero-order chi connectivity index (χ0) is 9.56. The van der Waals surface area contributed by atoms with Crippen molar-refractivity contribution in [1.29, 1.82) is 5.26 Å². The van der Waals surface area contributed by atoms with Crippen LogP contribution in [-0.4, -0.2) is 0 Å². The zero-order valence-corrected chi connectivity index (χ0v) is 8.59. The van der Waals surface area contributed by atoms with E-state index in [1.165, 1.54) is 5.57 Å². The number of rotatable bonds is 4. The molecule has 0 aromatic heterocycles. The predicted molar refractivity (Wildman–Crippen MR) is 52.6 cm³/mol. The molecule has 0 aliphatic carbocycles. The van der Waals surface area contributed by atoms with E-state index in [4.69, 9.17) is 5.26 Å². The van der Waals surface area contributed by atoms with Crippen molar-refractivity contribution in [2.45, 2.75) is 40.5 Å². The highest BCUT2D eigenvalue weighted by Gasteiger charge is 2.04. The van der Waals surface area contributed by atoms with Gasteiger partial charge in [-0.2, -0.15) is 5.26 Å². The molecule has 0 saturated heterocycles. The van der Waals surface area contributed by atoms with E-state index in [0.29, 0.717) is 6.42 Å². The number of allylic oxidation sites excluding steroid dienone is 2. The fourth-order valence-corrected chi connectivity index (χ4v) is 0.856. The smallest absolute Gasteiger partial charge is 0.0666 e. The number of nitrogens with zero attached hydrogens (tertiary/aromatic N) is 1. The van der Waals surface area contributed by atoms with Gasteiger partial charge in [-0.15, -0.1) is 0 Å². The first-order chi connectivity index (χ1) is 5.57. The van der Waals surface area contributed by atoms with Gasteiger partial charge >= 0.3 is 0 Å². The second-order valence-corrected chi connectivity index (χ2v) is 3.84. The van der Waals surface area contributed by atoms with Crippen LogP contribution in [0.15, 0.2) is 11.6 Å². The molecule has 0 rings (SSSR count). The summed E-state index contributed by atoms with van der Waals surface area (Å²) in [7, 11) is 0. The van der Waals surface area contributed by atoms with Gasteiger partial charge in [0.05, 0.1) is 12.5 Å². The summed E-state index contributed by atoms with van der Waals surface area (Å²) in [5, 5.41) is 8.42. The van der Waals surface area contributed by atoms with Crippen molar-refractivity contribution >= 4 is 0 Å². The molecule has 0 aliphatic heterocycles. The summed E-state index contributed by atoms with van der Waals surface area (Å²) in [4.78, 5) is 0. The Labute approximate surface area is 76.1 Å². The Morgan fingerprint density at radius 2 is 2.00 bits per heavy atom. The third kappa shape index (κ3) is 4.96. The maximum absolute atomic E-state index is 8.42. The highest BCUT2D eigenvalue weighted by molar-refractivity contribution is 5.04. The molecule has 0 fully saturated rings. The quantitative estimate of drug-likeness (QED) is 0.585. The number of hydrogen-bond donors (Lipinski definition) is 0. The van der Waals surface area contributed by atoms with Crippen molar-refractivity contribution in [3.05, 3.63) is 11.6 Å². The number of nitriles is 1. The van der Waals surface area contributed by atoms with E-state index >= 15 is 0 Å². The molecule has 1 heteroatoms. The Morgan fingerprint density at radius 3 is 2.42 bits per heavy atom. The molecule has 0 aromatic rings. The van der Waals surface area contributed by atoms with Crippen molar-refractivity contribution in [3.8, 4) is 6.07 Å². The van der Waals surface area contributed by atoms with Gasteiger partial charge in [0, 0.05) is 0 Å². The normalized spacial score (nSPS) is 14.5. The summed E-state index contributed by atoms with van der Waals surface area (Å²) in [5.74, 6) is 1.45. The molecule has 0 heterocycles. The first-order valence-corrected chi connectivity index (χ1v) is 4.60. The monoisotopic (exact) mass is 165 g/mol. The molecule has 0 radical (unpaired) electrons. The van der Waals surface area contributed by atoms with Crippen LogP contribution in [-0.2, 0) is 0 Å². The maximum atomic E-state index is 8.42. The van der Waals surface area contributed by atoms with Crippen LogP contribution >= 0.6 is 0 Å². The summed E-state index contributed by atoms with van der Waals surface area (Å²) >= 11 is 0. The van der Waals surface area contributed by atoms with Gasteiger partial charge in [-0.1, -0.05) is 32.4 Å². The lowest BCUT2D eigenvalue weighted by Gasteiger charge is -2.12. The molecule has 68 valence electrons. The molecule has 0 aliphatic rings. The van der Waals surface area contributed by atoms with Crippen molar-refractivity contribution < 1.29 is 0 Å². The zero-order valence-electron chi connectivity index (χ0n) is 8.59. The molecular formula is C11H19N. The highest BCUT2D eigenvalue weighted by Crippen LogP contribution is 2.15. The van der Waals surface area contributed by atoms with E-state index in [2.05, 4.69) is 32.9 Å². The molecule has 0 aromatic carbocycles. The topological polar surface area (TPSA) is 23.8 Å². The van der Waals surface area contributed by atoms with Crippen molar-refractivity contribution in [3.63, 3.8) is 0 Å². The molecule has 0 spiro atoms. The molecule has 1 unspecified atom stereocenters. The molecular weight excluding hydrogens is 146 g/mol. The van der Waals surface area contributed by atoms with E-state index in [1.807, 2.05) is 6.92 Å². The Kier molecular flexibility index (Phi) is 5.45. The van der Waals surface area contributed by atoms with Crippen LogP contribution in [0.25, 0.3) is 0 Å². The van der Waals surface area contributed by atoms with E-state index < -0.39 is 0 Å². The van der Waals surface area contributed by atoms with Crippen molar-refractivity contribution in [2.75, 3.05) is 0 Å². The van der Waals surface area contributed by atoms with Gasteiger partial charge in [0.25, 0.3) is 0 Å². The molecule has 0 saturated carbocycles. The van der Waals surface area contributed by atoms with Gasteiger partial charge in [-0.05, 0) is 25.2 Å². The van der Waals surface area contributed by atoms with Crippen molar-refractivity contribution in [1.82, 2.24) is 0 Å². The van der Waals surface area contributed by atoms with Gasteiger partial charge in [-0.25, -0.2) is 0 Å². The summed E-state index contributed by atoms with van der Waals surface area (Å²) in [6, 6.07) is 2.15. The minimum atomic E-state index is 0.574. The molecule has 0 N–H and O–H groups in total. The summed E-state index contributed by atoms with van der Waals surface area (Å²) in [6.07, 6.45) is 3.86. The van der Waals surface area contributed by atoms with Gasteiger partial charge in [-0.3, -0.25) is 0 Å². The van der Waals surface area contributed by atoms with E-state index in [1.54, 1.807) is 0 Å². The average molecular weight is 165 g/mol. The summed E-state index contributed by atoms with van der Waals surface area (Å²) in [5.41, 5.74) is 1.20.